The van der Waals surface area contributed by atoms with Crippen molar-refractivity contribution in [2.75, 3.05) is 24.5 Å². The monoisotopic (exact) mass is 355 g/mol. The normalized spacial score (nSPS) is 17.7. The molecular formula is C18H18FN5O2. The highest BCUT2D eigenvalue weighted by molar-refractivity contribution is 5.92. The first-order chi connectivity index (χ1) is 12.5. The first-order valence-corrected chi connectivity index (χ1v) is 8.37. The topological polar surface area (TPSA) is 85.4 Å². The molecule has 0 bridgehead atoms. The molecule has 1 fully saturated rings. The van der Waals surface area contributed by atoms with Crippen LogP contribution in [0.25, 0.3) is 22.3 Å². The lowest BCUT2D eigenvalue weighted by Gasteiger charge is -2.38. The van der Waals surface area contributed by atoms with E-state index in [0.29, 0.717) is 25.3 Å². The van der Waals surface area contributed by atoms with Crippen molar-refractivity contribution >= 4 is 22.9 Å². The molecule has 1 amide bonds. The highest BCUT2D eigenvalue weighted by Crippen LogP contribution is 2.29. The second kappa shape index (κ2) is 6.29. The molecule has 4 rings (SSSR count). The molecule has 0 spiro atoms. The first-order valence-electron chi connectivity index (χ1n) is 8.37. The average Bonchev–Trinajstić information content (AvgIpc) is 3.06. The molecule has 26 heavy (non-hydrogen) atoms. The molecule has 3 heterocycles. The molecule has 2 N–H and O–H groups in total. The van der Waals surface area contributed by atoms with E-state index in [1.807, 2.05) is 13.0 Å². The van der Waals surface area contributed by atoms with Crippen LogP contribution in [0.3, 0.4) is 0 Å². The second-order valence-corrected chi connectivity index (χ2v) is 6.42. The fraction of sp³-hybridized carbons (Fsp3) is 0.278. The maximum Gasteiger partial charge on any atom is 0.407 e. The Labute approximate surface area is 149 Å². The lowest BCUT2D eigenvalue weighted by Crippen LogP contribution is -2.54. The Morgan fingerprint density at radius 2 is 2.04 bits per heavy atom. The number of piperazine rings is 1. The van der Waals surface area contributed by atoms with Crippen molar-refractivity contribution in [1.82, 2.24) is 19.9 Å². The van der Waals surface area contributed by atoms with Crippen LogP contribution in [0, 0.1) is 5.82 Å². The number of benzene rings is 1. The van der Waals surface area contributed by atoms with Gasteiger partial charge in [0.25, 0.3) is 0 Å². The van der Waals surface area contributed by atoms with Gasteiger partial charge in [-0.05, 0) is 42.8 Å². The highest BCUT2D eigenvalue weighted by Gasteiger charge is 2.28. The number of nitrogens with zero attached hydrogens (tertiary/aromatic N) is 4. The maximum absolute atomic E-state index is 13.2. The van der Waals surface area contributed by atoms with Gasteiger partial charge < -0.3 is 19.9 Å². The van der Waals surface area contributed by atoms with Crippen molar-refractivity contribution < 1.29 is 14.3 Å². The van der Waals surface area contributed by atoms with Gasteiger partial charge in [0, 0.05) is 31.4 Å². The van der Waals surface area contributed by atoms with Crippen molar-refractivity contribution in [3.05, 3.63) is 42.5 Å². The number of carboxylic acid groups (broad SMARTS) is 1. The van der Waals surface area contributed by atoms with Gasteiger partial charge in [0.1, 0.15) is 23.6 Å². The van der Waals surface area contributed by atoms with Crippen LogP contribution in [-0.4, -0.2) is 56.7 Å². The summed E-state index contributed by atoms with van der Waals surface area (Å²) in [4.78, 5) is 26.7. The summed E-state index contributed by atoms with van der Waals surface area (Å²) in [6.45, 7) is 3.45. The van der Waals surface area contributed by atoms with E-state index < -0.39 is 6.09 Å². The van der Waals surface area contributed by atoms with Crippen LogP contribution < -0.4 is 4.90 Å². The minimum Gasteiger partial charge on any atom is -0.465 e. The molecule has 0 radical (unpaired) electrons. The molecule has 7 nitrogen and oxygen atoms in total. The zero-order valence-corrected chi connectivity index (χ0v) is 14.2. The molecule has 1 unspecified atom stereocenters. The van der Waals surface area contributed by atoms with Crippen molar-refractivity contribution in [2.45, 2.75) is 13.0 Å². The van der Waals surface area contributed by atoms with Crippen LogP contribution >= 0.6 is 0 Å². The van der Waals surface area contributed by atoms with E-state index in [9.17, 15) is 14.3 Å². The van der Waals surface area contributed by atoms with E-state index in [-0.39, 0.29) is 11.9 Å². The first kappa shape index (κ1) is 16.3. The van der Waals surface area contributed by atoms with Gasteiger partial charge in [-0.25, -0.2) is 19.2 Å². The van der Waals surface area contributed by atoms with E-state index >= 15 is 0 Å². The van der Waals surface area contributed by atoms with Crippen LogP contribution in [0.2, 0.25) is 0 Å². The van der Waals surface area contributed by atoms with Crippen molar-refractivity contribution in [3.8, 4) is 11.3 Å². The third-order valence-electron chi connectivity index (χ3n) is 4.73. The minimum atomic E-state index is -0.898. The van der Waals surface area contributed by atoms with Gasteiger partial charge in [-0.1, -0.05) is 0 Å². The molecule has 8 heteroatoms. The van der Waals surface area contributed by atoms with Gasteiger partial charge in [0.05, 0.1) is 5.39 Å². The number of H-pyrrole nitrogens is 1. The summed E-state index contributed by atoms with van der Waals surface area (Å²) in [6, 6.07) is 8.08. The van der Waals surface area contributed by atoms with Crippen LogP contribution in [0.4, 0.5) is 15.0 Å². The standard InChI is InChI=1S/C18H18FN5O2/c1-11-9-23(6-7-24(11)18(25)26)17-14-8-15(22-16(14)20-10-21-17)12-2-4-13(19)5-3-12/h2-5,8,10-11H,6-7,9H2,1H3,(H,25,26)(H,20,21,22). The number of aromatic amines is 1. The third-order valence-corrected chi connectivity index (χ3v) is 4.73. The second-order valence-electron chi connectivity index (χ2n) is 6.42. The van der Waals surface area contributed by atoms with E-state index in [4.69, 9.17) is 0 Å². The zero-order chi connectivity index (χ0) is 18.3. The van der Waals surface area contributed by atoms with Crippen LogP contribution in [0.5, 0.6) is 0 Å². The maximum atomic E-state index is 13.2. The number of aromatic nitrogens is 3. The SMILES string of the molecule is CC1CN(c2ncnc3[nH]c(-c4ccc(F)cc4)cc23)CCN1C(=O)O. The molecule has 134 valence electrons. The summed E-state index contributed by atoms with van der Waals surface area (Å²) < 4.78 is 13.2. The Kier molecular flexibility index (Phi) is 3.95. The number of hydrogen-bond acceptors (Lipinski definition) is 4. The molecule has 0 aliphatic carbocycles. The van der Waals surface area contributed by atoms with Gasteiger partial charge in [0.2, 0.25) is 0 Å². The van der Waals surface area contributed by atoms with Crippen LogP contribution in [0.1, 0.15) is 6.92 Å². The molecule has 0 saturated carbocycles. The van der Waals surface area contributed by atoms with E-state index in [1.165, 1.54) is 23.4 Å². The predicted octanol–water partition coefficient (Wildman–Crippen LogP) is 2.95. The van der Waals surface area contributed by atoms with E-state index in [0.717, 1.165) is 22.5 Å². The van der Waals surface area contributed by atoms with Gasteiger partial charge in [-0.15, -0.1) is 0 Å². The Bertz CT molecular complexity index is 956. The number of fused-ring (bicyclic) bond motifs is 1. The van der Waals surface area contributed by atoms with Crippen LogP contribution in [0.15, 0.2) is 36.7 Å². The van der Waals surface area contributed by atoms with Gasteiger partial charge in [-0.3, -0.25) is 0 Å². The number of halogens is 1. The highest BCUT2D eigenvalue weighted by atomic mass is 19.1. The number of carbonyl (C=O) groups is 1. The van der Waals surface area contributed by atoms with Crippen molar-refractivity contribution in [1.29, 1.82) is 0 Å². The number of anilines is 1. The molecule has 1 aliphatic heterocycles. The predicted molar refractivity (Wildman–Crippen MR) is 95.7 cm³/mol. The number of hydrogen-bond donors (Lipinski definition) is 2. The summed E-state index contributed by atoms with van der Waals surface area (Å²) in [6.07, 6.45) is 0.599. The summed E-state index contributed by atoms with van der Waals surface area (Å²) in [5.74, 6) is 0.493. The van der Waals surface area contributed by atoms with Crippen molar-refractivity contribution in [2.24, 2.45) is 0 Å². The molecule has 2 aromatic heterocycles. The molecule has 1 atom stereocenters. The number of amides is 1. The molecule has 3 aromatic rings. The fourth-order valence-corrected chi connectivity index (χ4v) is 3.40. The van der Waals surface area contributed by atoms with Gasteiger partial charge >= 0.3 is 6.09 Å². The average molecular weight is 355 g/mol. The lowest BCUT2D eigenvalue weighted by atomic mass is 10.1. The zero-order valence-electron chi connectivity index (χ0n) is 14.2. The number of nitrogens with one attached hydrogen (secondary N) is 1. The summed E-state index contributed by atoms with van der Waals surface area (Å²) in [5, 5.41) is 10.1. The molecule has 1 aromatic carbocycles. The Hall–Kier alpha value is -3.16. The van der Waals surface area contributed by atoms with E-state index in [2.05, 4.69) is 19.9 Å². The number of rotatable bonds is 2. The Morgan fingerprint density at radius 3 is 2.73 bits per heavy atom. The van der Waals surface area contributed by atoms with Gasteiger partial charge in [-0.2, -0.15) is 0 Å². The minimum absolute atomic E-state index is 0.123. The summed E-state index contributed by atoms with van der Waals surface area (Å²) in [5.41, 5.74) is 2.39. The summed E-state index contributed by atoms with van der Waals surface area (Å²) in [7, 11) is 0. The van der Waals surface area contributed by atoms with Crippen molar-refractivity contribution in [3.63, 3.8) is 0 Å². The molecule has 1 aliphatic rings. The van der Waals surface area contributed by atoms with Gasteiger partial charge in [0.15, 0.2) is 0 Å². The van der Waals surface area contributed by atoms with E-state index in [1.54, 1.807) is 12.1 Å². The third kappa shape index (κ3) is 2.83. The Morgan fingerprint density at radius 1 is 1.27 bits per heavy atom. The quantitative estimate of drug-likeness (QED) is 0.738. The molecular weight excluding hydrogens is 337 g/mol. The lowest BCUT2D eigenvalue weighted by molar-refractivity contribution is 0.122. The largest absolute Gasteiger partial charge is 0.465 e. The smallest absolute Gasteiger partial charge is 0.407 e. The van der Waals surface area contributed by atoms with Crippen LogP contribution in [-0.2, 0) is 0 Å². The molecule has 1 saturated heterocycles. The fourth-order valence-electron chi connectivity index (χ4n) is 3.40. The Balaban J connectivity index is 1.68. The summed E-state index contributed by atoms with van der Waals surface area (Å²) >= 11 is 0.